The third-order valence-electron chi connectivity index (χ3n) is 3.00. The van der Waals surface area contributed by atoms with E-state index in [1.807, 2.05) is 43.3 Å². The molecule has 1 aromatic carbocycles. The van der Waals surface area contributed by atoms with Gasteiger partial charge in [-0.05, 0) is 37.6 Å². The summed E-state index contributed by atoms with van der Waals surface area (Å²) >= 11 is 0. The number of para-hydroxylation sites is 1. The Kier molecular flexibility index (Phi) is 4.71. The highest BCUT2D eigenvalue weighted by atomic mass is 16.5. The van der Waals surface area contributed by atoms with E-state index < -0.39 is 6.04 Å². The van der Waals surface area contributed by atoms with Gasteiger partial charge in [-0.2, -0.15) is 0 Å². The van der Waals surface area contributed by atoms with Gasteiger partial charge in [-0.25, -0.2) is 4.79 Å². The first-order valence-corrected chi connectivity index (χ1v) is 6.61. The number of aryl methyl sites for hydroxylation is 1. The molecule has 4 heteroatoms. The van der Waals surface area contributed by atoms with Gasteiger partial charge in [0, 0.05) is 23.6 Å². The molecule has 0 aliphatic heterocycles. The zero-order valence-electron chi connectivity index (χ0n) is 11.7. The average molecular weight is 270 g/mol. The fourth-order valence-electron chi connectivity index (χ4n) is 1.97. The lowest BCUT2D eigenvalue weighted by atomic mass is 10.0. The second kappa shape index (κ2) is 6.70. The highest BCUT2D eigenvalue weighted by Crippen LogP contribution is 2.23. The van der Waals surface area contributed by atoms with Gasteiger partial charge in [-0.3, -0.25) is 4.98 Å². The number of rotatable bonds is 5. The maximum atomic E-state index is 12.2. The summed E-state index contributed by atoms with van der Waals surface area (Å²) in [4.78, 5) is 16.3. The van der Waals surface area contributed by atoms with Gasteiger partial charge in [-0.15, -0.1) is 0 Å². The van der Waals surface area contributed by atoms with E-state index in [1.165, 1.54) is 0 Å². The minimum atomic E-state index is -0.550. The van der Waals surface area contributed by atoms with Crippen LogP contribution in [0.3, 0.4) is 0 Å². The summed E-state index contributed by atoms with van der Waals surface area (Å²) < 4.78 is 5.16. The minimum absolute atomic E-state index is 0.299. The number of hydrogen-bond acceptors (Lipinski definition) is 4. The van der Waals surface area contributed by atoms with Gasteiger partial charge < -0.3 is 10.1 Å². The number of anilines is 1. The number of carbonyl (C=O) groups is 1. The molecule has 0 aliphatic carbocycles. The first-order chi connectivity index (χ1) is 9.72. The Morgan fingerprint density at radius 3 is 2.70 bits per heavy atom. The van der Waals surface area contributed by atoms with E-state index in [9.17, 15) is 4.79 Å². The van der Waals surface area contributed by atoms with Crippen molar-refractivity contribution in [3.63, 3.8) is 0 Å². The lowest BCUT2D eigenvalue weighted by molar-refractivity contribution is -0.144. The summed E-state index contributed by atoms with van der Waals surface area (Å²) in [5.74, 6) is -0.299. The van der Waals surface area contributed by atoms with E-state index in [1.54, 1.807) is 19.3 Å². The molecule has 20 heavy (non-hydrogen) atoms. The number of hydrogen-bond donors (Lipinski definition) is 1. The van der Waals surface area contributed by atoms with Crippen molar-refractivity contribution in [2.75, 3.05) is 11.9 Å². The number of aromatic nitrogens is 1. The van der Waals surface area contributed by atoms with E-state index in [4.69, 9.17) is 4.74 Å². The topological polar surface area (TPSA) is 51.2 Å². The van der Waals surface area contributed by atoms with Gasteiger partial charge in [0.15, 0.2) is 6.04 Å². The molecule has 1 N–H and O–H groups in total. The molecule has 1 aromatic heterocycles. The number of pyridine rings is 1. The first kappa shape index (κ1) is 14.1. The first-order valence-electron chi connectivity index (χ1n) is 6.61. The molecule has 0 amide bonds. The fourth-order valence-corrected chi connectivity index (χ4v) is 1.97. The van der Waals surface area contributed by atoms with E-state index >= 15 is 0 Å². The molecule has 0 aliphatic rings. The van der Waals surface area contributed by atoms with Crippen molar-refractivity contribution in [1.82, 2.24) is 4.98 Å². The van der Waals surface area contributed by atoms with Gasteiger partial charge >= 0.3 is 5.97 Å². The van der Waals surface area contributed by atoms with Crippen LogP contribution in [0.15, 0.2) is 48.8 Å². The van der Waals surface area contributed by atoms with Gasteiger partial charge in [0.2, 0.25) is 0 Å². The maximum absolute atomic E-state index is 12.2. The van der Waals surface area contributed by atoms with Crippen molar-refractivity contribution in [3.8, 4) is 0 Å². The van der Waals surface area contributed by atoms with Gasteiger partial charge in [-0.1, -0.05) is 18.2 Å². The van der Waals surface area contributed by atoms with Crippen LogP contribution in [0.4, 0.5) is 5.69 Å². The molecule has 4 nitrogen and oxygen atoms in total. The van der Waals surface area contributed by atoms with Gasteiger partial charge in [0.25, 0.3) is 0 Å². The quantitative estimate of drug-likeness (QED) is 0.848. The molecule has 1 heterocycles. The maximum Gasteiger partial charge on any atom is 0.333 e. The fraction of sp³-hybridized carbons (Fsp3) is 0.250. The predicted molar refractivity (Wildman–Crippen MR) is 78.4 cm³/mol. The van der Waals surface area contributed by atoms with Crippen molar-refractivity contribution in [3.05, 3.63) is 59.9 Å². The van der Waals surface area contributed by atoms with Crippen LogP contribution in [0, 0.1) is 6.92 Å². The van der Waals surface area contributed by atoms with Crippen LogP contribution < -0.4 is 5.32 Å². The number of benzene rings is 1. The van der Waals surface area contributed by atoms with Crippen LogP contribution in [-0.4, -0.2) is 17.6 Å². The Labute approximate surface area is 118 Å². The molecule has 0 saturated carbocycles. The second-order valence-electron chi connectivity index (χ2n) is 4.43. The summed E-state index contributed by atoms with van der Waals surface area (Å²) in [7, 11) is 0. The Hall–Kier alpha value is -2.36. The van der Waals surface area contributed by atoms with Crippen molar-refractivity contribution < 1.29 is 9.53 Å². The van der Waals surface area contributed by atoms with Crippen molar-refractivity contribution in [2.45, 2.75) is 19.9 Å². The number of nitrogens with zero attached hydrogens (tertiary/aromatic N) is 1. The van der Waals surface area contributed by atoms with E-state index in [-0.39, 0.29) is 5.97 Å². The van der Waals surface area contributed by atoms with Crippen LogP contribution >= 0.6 is 0 Å². The smallest absolute Gasteiger partial charge is 0.333 e. The van der Waals surface area contributed by atoms with Gasteiger partial charge in [0.1, 0.15) is 0 Å². The Bertz CT molecular complexity index is 570. The second-order valence-corrected chi connectivity index (χ2v) is 4.43. The van der Waals surface area contributed by atoms with Crippen LogP contribution in [-0.2, 0) is 9.53 Å². The molecule has 2 aromatic rings. The van der Waals surface area contributed by atoms with E-state index in [0.29, 0.717) is 6.61 Å². The summed E-state index contributed by atoms with van der Waals surface area (Å²) in [6, 6.07) is 10.9. The van der Waals surface area contributed by atoms with Crippen molar-refractivity contribution in [2.24, 2.45) is 0 Å². The van der Waals surface area contributed by atoms with Crippen LogP contribution in [0.5, 0.6) is 0 Å². The summed E-state index contributed by atoms with van der Waals surface area (Å²) in [5.41, 5.74) is 2.70. The van der Waals surface area contributed by atoms with Crippen LogP contribution in [0.1, 0.15) is 24.1 Å². The molecule has 2 rings (SSSR count). The van der Waals surface area contributed by atoms with E-state index in [0.717, 1.165) is 16.8 Å². The molecule has 0 bridgehead atoms. The molecule has 0 fully saturated rings. The Balaban J connectivity index is 2.30. The largest absolute Gasteiger partial charge is 0.464 e. The molecular formula is C16H18N2O2. The Morgan fingerprint density at radius 2 is 2.05 bits per heavy atom. The lowest BCUT2D eigenvalue weighted by Crippen LogP contribution is -2.24. The highest BCUT2D eigenvalue weighted by molar-refractivity contribution is 5.81. The average Bonchev–Trinajstić information content (AvgIpc) is 2.47. The monoisotopic (exact) mass is 270 g/mol. The summed E-state index contributed by atoms with van der Waals surface area (Å²) in [5, 5.41) is 3.21. The molecule has 1 unspecified atom stereocenters. The molecular weight excluding hydrogens is 252 g/mol. The number of esters is 1. The molecule has 0 saturated heterocycles. The third kappa shape index (κ3) is 3.35. The highest BCUT2D eigenvalue weighted by Gasteiger charge is 2.23. The SMILES string of the molecule is CCOC(=O)C(Nc1ccccc1)c1cnccc1C. The standard InChI is InChI=1S/C16H18N2O2/c1-3-20-16(19)15(14-11-17-10-9-12(14)2)18-13-7-5-4-6-8-13/h4-11,15,18H,3H2,1-2H3. The van der Waals surface area contributed by atoms with Crippen molar-refractivity contribution >= 4 is 11.7 Å². The predicted octanol–water partition coefficient (Wildman–Crippen LogP) is 3.11. The molecule has 0 spiro atoms. The van der Waals surface area contributed by atoms with Crippen molar-refractivity contribution in [1.29, 1.82) is 0 Å². The number of nitrogens with one attached hydrogen (secondary N) is 1. The minimum Gasteiger partial charge on any atom is -0.464 e. The van der Waals surface area contributed by atoms with Crippen LogP contribution in [0.25, 0.3) is 0 Å². The van der Waals surface area contributed by atoms with Crippen LogP contribution in [0.2, 0.25) is 0 Å². The molecule has 104 valence electrons. The normalized spacial score (nSPS) is 11.7. The molecule has 1 atom stereocenters. The molecule has 0 radical (unpaired) electrons. The summed E-state index contributed by atoms with van der Waals surface area (Å²) in [6.45, 7) is 4.11. The lowest BCUT2D eigenvalue weighted by Gasteiger charge is -2.20. The zero-order chi connectivity index (χ0) is 14.4. The summed E-state index contributed by atoms with van der Waals surface area (Å²) in [6.07, 6.45) is 3.41. The zero-order valence-corrected chi connectivity index (χ0v) is 11.7. The number of carbonyl (C=O) groups excluding carboxylic acids is 1. The van der Waals surface area contributed by atoms with Gasteiger partial charge in [0.05, 0.1) is 6.61 Å². The third-order valence-corrected chi connectivity index (χ3v) is 3.00. The Morgan fingerprint density at radius 1 is 1.30 bits per heavy atom. The number of ether oxygens (including phenoxy) is 1. The van der Waals surface area contributed by atoms with E-state index in [2.05, 4.69) is 10.3 Å².